The number of hydrogen-bond acceptors (Lipinski definition) is 2. The highest BCUT2D eigenvalue weighted by Gasteiger charge is 2.33. The Kier molecular flexibility index (Phi) is 4.26. The lowest BCUT2D eigenvalue weighted by Gasteiger charge is -2.13. The van der Waals surface area contributed by atoms with Crippen LogP contribution in [-0.2, 0) is 0 Å². The molecule has 0 radical (unpaired) electrons. The summed E-state index contributed by atoms with van der Waals surface area (Å²) in [6.45, 7) is 2.26. The molecule has 1 aromatic carbocycles. The number of rotatable bonds is 3. The highest BCUT2D eigenvalue weighted by atomic mass is 35.6. The van der Waals surface area contributed by atoms with Crippen molar-refractivity contribution in [1.29, 1.82) is 0 Å². The van der Waals surface area contributed by atoms with Crippen LogP contribution in [0.25, 0.3) is 0 Å². The van der Waals surface area contributed by atoms with Crippen molar-refractivity contribution in [2.45, 2.75) is 10.7 Å². The Hall–Kier alpha value is -0.440. The van der Waals surface area contributed by atoms with E-state index in [1.165, 1.54) is 0 Å². The second kappa shape index (κ2) is 5.06. The average Bonchev–Trinajstić information content (AvgIpc) is 2.17. The van der Waals surface area contributed by atoms with Crippen LogP contribution >= 0.6 is 34.8 Å². The van der Waals surface area contributed by atoms with E-state index in [2.05, 4.69) is 0 Å². The Morgan fingerprint density at radius 2 is 1.93 bits per heavy atom. The predicted molar refractivity (Wildman–Crippen MR) is 62.2 cm³/mol. The molecule has 2 nitrogen and oxygen atoms in total. The van der Waals surface area contributed by atoms with Crippen molar-refractivity contribution in [3.63, 3.8) is 0 Å². The molecule has 0 saturated heterocycles. The van der Waals surface area contributed by atoms with Crippen LogP contribution < -0.4 is 4.74 Å². The van der Waals surface area contributed by atoms with Gasteiger partial charge in [0.05, 0.1) is 12.2 Å². The summed E-state index contributed by atoms with van der Waals surface area (Å²) in [5.41, 5.74) is 0.277. The summed E-state index contributed by atoms with van der Waals surface area (Å²) in [4.78, 5) is 11.7. The summed E-state index contributed by atoms with van der Waals surface area (Å²) < 4.78 is 3.31. The van der Waals surface area contributed by atoms with Crippen molar-refractivity contribution in [1.82, 2.24) is 0 Å². The van der Waals surface area contributed by atoms with Crippen molar-refractivity contribution < 1.29 is 9.53 Å². The highest BCUT2D eigenvalue weighted by Crippen LogP contribution is 2.33. The van der Waals surface area contributed by atoms with E-state index in [-0.39, 0.29) is 5.56 Å². The lowest BCUT2D eigenvalue weighted by atomic mass is 10.1. The first-order valence-electron chi connectivity index (χ1n) is 4.30. The van der Waals surface area contributed by atoms with Gasteiger partial charge in [-0.1, -0.05) is 46.9 Å². The minimum Gasteiger partial charge on any atom is -0.493 e. The average molecular weight is 268 g/mol. The van der Waals surface area contributed by atoms with Crippen LogP contribution in [0.4, 0.5) is 0 Å². The van der Waals surface area contributed by atoms with Crippen molar-refractivity contribution in [2.24, 2.45) is 0 Å². The molecule has 0 aliphatic heterocycles. The molecule has 0 aliphatic rings. The quantitative estimate of drug-likeness (QED) is 0.617. The number of alkyl halides is 3. The lowest BCUT2D eigenvalue weighted by molar-refractivity contribution is 0.0992. The molecule has 1 aromatic rings. The third-order valence-electron chi connectivity index (χ3n) is 1.69. The summed E-state index contributed by atoms with van der Waals surface area (Å²) in [5, 5.41) is 0. The van der Waals surface area contributed by atoms with E-state index in [9.17, 15) is 4.79 Å². The van der Waals surface area contributed by atoms with Gasteiger partial charge >= 0.3 is 0 Å². The number of ketones is 1. The van der Waals surface area contributed by atoms with E-state index in [1.54, 1.807) is 24.3 Å². The number of carbonyl (C=O) groups is 1. The third-order valence-corrected chi connectivity index (χ3v) is 2.20. The topological polar surface area (TPSA) is 26.3 Å². The molecule has 0 N–H and O–H groups in total. The van der Waals surface area contributed by atoms with E-state index in [4.69, 9.17) is 39.5 Å². The van der Waals surface area contributed by atoms with Gasteiger partial charge in [-0.3, -0.25) is 4.79 Å². The Morgan fingerprint density at radius 3 is 2.47 bits per heavy atom. The van der Waals surface area contributed by atoms with Crippen molar-refractivity contribution in [2.75, 3.05) is 6.61 Å². The van der Waals surface area contributed by atoms with Gasteiger partial charge in [0.15, 0.2) is 0 Å². The van der Waals surface area contributed by atoms with Crippen LogP contribution in [-0.4, -0.2) is 16.2 Å². The minimum atomic E-state index is -1.95. The maximum atomic E-state index is 11.7. The van der Waals surface area contributed by atoms with Crippen molar-refractivity contribution in [3.05, 3.63) is 29.8 Å². The van der Waals surface area contributed by atoms with Crippen LogP contribution in [0, 0.1) is 0 Å². The van der Waals surface area contributed by atoms with Gasteiger partial charge in [0.1, 0.15) is 5.75 Å². The predicted octanol–water partition coefficient (Wildman–Crippen LogP) is 3.64. The van der Waals surface area contributed by atoms with Crippen molar-refractivity contribution >= 4 is 40.6 Å². The fourth-order valence-electron chi connectivity index (χ4n) is 1.09. The third kappa shape index (κ3) is 3.26. The normalized spacial score (nSPS) is 11.2. The highest BCUT2D eigenvalue weighted by molar-refractivity contribution is 6.77. The minimum absolute atomic E-state index is 0.277. The van der Waals surface area contributed by atoms with Crippen LogP contribution in [0.1, 0.15) is 17.3 Å². The molecule has 15 heavy (non-hydrogen) atoms. The summed E-state index contributed by atoms with van der Waals surface area (Å²) in [6.07, 6.45) is 0. The Balaban J connectivity index is 3.08. The Bertz CT molecular complexity index is 358. The molecule has 0 fully saturated rings. The number of halogens is 3. The molecular formula is C10H9Cl3O2. The van der Waals surface area contributed by atoms with E-state index in [0.717, 1.165) is 0 Å². The first kappa shape index (κ1) is 12.6. The van der Waals surface area contributed by atoms with Gasteiger partial charge in [0.2, 0.25) is 5.78 Å². The number of ether oxygens (including phenoxy) is 1. The second-order valence-electron chi connectivity index (χ2n) is 2.76. The first-order valence-corrected chi connectivity index (χ1v) is 5.43. The summed E-state index contributed by atoms with van der Waals surface area (Å²) >= 11 is 16.5. The zero-order valence-corrected chi connectivity index (χ0v) is 10.2. The number of hydrogen-bond donors (Lipinski definition) is 0. The standard InChI is InChI=1S/C10H9Cl3O2/c1-2-15-8-6-4-3-5-7(8)9(14)10(11,12)13/h3-6H,2H2,1H3. The maximum absolute atomic E-state index is 11.7. The van der Waals surface area contributed by atoms with Crippen LogP contribution in [0.5, 0.6) is 5.75 Å². The second-order valence-corrected chi connectivity index (χ2v) is 5.04. The monoisotopic (exact) mass is 266 g/mol. The molecule has 1 rings (SSSR count). The zero-order valence-electron chi connectivity index (χ0n) is 7.97. The number of Topliss-reactive ketones (excluding diaryl/α,β-unsaturated/α-hetero) is 1. The fourth-order valence-corrected chi connectivity index (χ4v) is 1.39. The number of carbonyl (C=O) groups excluding carboxylic acids is 1. The van der Waals surface area contributed by atoms with Gasteiger partial charge in [-0.15, -0.1) is 0 Å². The SMILES string of the molecule is CCOc1ccccc1C(=O)C(Cl)(Cl)Cl. The van der Waals surface area contributed by atoms with E-state index >= 15 is 0 Å². The van der Waals surface area contributed by atoms with Gasteiger partial charge in [0, 0.05) is 0 Å². The largest absolute Gasteiger partial charge is 0.493 e. The van der Waals surface area contributed by atoms with Gasteiger partial charge in [-0.05, 0) is 19.1 Å². The first-order chi connectivity index (χ1) is 6.96. The molecule has 0 amide bonds. The Morgan fingerprint density at radius 1 is 1.33 bits per heavy atom. The number of para-hydroxylation sites is 1. The van der Waals surface area contributed by atoms with Crippen LogP contribution in [0.2, 0.25) is 0 Å². The molecule has 0 spiro atoms. The lowest BCUT2D eigenvalue weighted by Crippen LogP contribution is -2.19. The Labute approximate surface area is 103 Å². The van der Waals surface area contributed by atoms with Crippen LogP contribution in [0.3, 0.4) is 0 Å². The fraction of sp³-hybridized carbons (Fsp3) is 0.300. The molecule has 0 aromatic heterocycles. The molecule has 0 bridgehead atoms. The molecule has 0 heterocycles. The summed E-state index contributed by atoms with van der Waals surface area (Å²) in [6, 6.07) is 6.66. The van der Waals surface area contributed by atoms with Crippen LogP contribution in [0.15, 0.2) is 24.3 Å². The number of benzene rings is 1. The molecule has 0 aliphatic carbocycles. The van der Waals surface area contributed by atoms with Crippen molar-refractivity contribution in [3.8, 4) is 5.75 Å². The molecule has 0 atom stereocenters. The van der Waals surface area contributed by atoms with E-state index < -0.39 is 9.58 Å². The zero-order chi connectivity index (χ0) is 11.5. The van der Waals surface area contributed by atoms with E-state index in [1.807, 2.05) is 6.92 Å². The smallest absolute Gasteiger partial charge is 0.253 e. The molecular weight excluding hydrogens is 258 g/mol. The molecule has 0 saturated carbocycles. The molecule has 82 valence electrons. The molecule has 0 unspecified atom stereocenters. The molecule has 5 heteroatoms. The van der Waals surface area contributed by atoms with Gasteiger partial charge in [-0.2, -0.15) is 0 Å². The maximum Gasteiger partial charge on any atom is 0.253 e. The van der Waals surface area contributed by atoms with E-state index in [0.29, 0.717) is 12.4 Å². The van der Waals surface area contributed by atoms with Gasteiger partial charge in [0.25, 0.3) is 3.79 Å². The summed E-state index contributed by atoms with van der Waals surface area (Å²) in [7, 11) is 0. The van der Waals surface area contributed by atoms with Gasteiger partial charge in [-0.25, -0.2) is 0 Å². The summed E-state index contributed by atoms with van der Waals surface area (Å²) in [5.74, 6) is -0.159. The van der Waals surface area contributed by atoms with Gasteiger partial charge < -0.3 is 4.74 Å².